The average molecular weight is 286 g/mol. The quantitative estimate of drug-likeness (QED) is 0.881. The lowest BCUT2D eigenvalue weighted by molar-refractivity contribution is 0.501. The number of hydrogen-bond donors (Lipinski definition) is 1. The number of benzene rings is 2. The first-order valence-corrected chi connectivity index (χ1v) is 7.61. The molecule has 0 saturated heterocycles. The third-order valence-electron chi connectivity index (χ3n) is 4.65. The number of rotatable bonds is 3. The SMILES string of the molecule is CNC1CCC(c2ccccc2)(c2ccc(Cl)cc2)C1. The van der Waals surface area contributed by atoms with Gasteiger partial charge in [-0.15, -0.1) is 0 Å². The third-order valence-corrected chi connectivity index (χ3v) is 4.90. The molecule has 20 heavy (non-hydrogen) atoms. The fourth-order valence-corrected chi connectivity index (χ4v) is 3.63. The highest BCUT2D eigenvalue weighted by molar-refractivity contribution is 6.30. The van der Waals surface area contributed by atoms with Gasteiger partial charge >= 0.3 is 0 Å². The first kappa shape index (κ1) is 13.7. The normalized spacial score (nSPS) is 25.8. The van der Waals surface area contributed by atoms with Crippen LogP contribution in [0.2, 0.25) is 5.02 Å². The Morgan fingerprint density at radius 2 is 1.65 bits per heavy atom. The molecule has 2 heteroatoms. The van der Waals surface area contributed by atoms with Gasteiger partial charge in [0.2, 0.25) is 0 Å². The zero-order valence-corrected chi connectivity index (χ0v) is 12.5. The Hall–Kier alpha value is -1.31. The molecular weight excluding hydrogens is 266 g/mol. The van der Waals surface area contributed by atoms with E-state index in [1.165, 1.54) is 24.0 Å². The summed E-state index contributed by atoms with van der Waals surface area (Å²) in [6.45, 7) is 0. The Balaban J connectivity index is 2.07. The second-order valence-electron chi connectivity index (χ2n) is 5.68. The standard InChI is InChI=1S/C18H20ClN/c1-20-17-11-12-18(13-17,14-5-3-2-4-6-14)15-7-9-16(19)10-8-15/h2-10,17,20H,11-13H2,1H3. The summed E-state index contributed by atoms with van der Waals surface area (Å²) < 4.78 is 0. The molecule has 0 aromatic heterocycles. The van der Waals surface area contributed by atoms with E-state index in [0.29, 0.717) is 6.04 Å². The zero-order chi connectivity index (χ0) is 14.0. The number of hydrogen-bond acceptors (Lipinski definition) is 1. The van der Waals surface area contributed by atoms with Crippen LogP contribution < -0.4 is 5.32 Å². The van der Waals surface area contributed by atoms with E-state index in [4.69, 9.17) is 11.6 Å². The highest BCUT2D eigenvalue weighted by Crippen LogP contribution is 2.46. The van der Waals surface area contributed by atoms with Crippen LogP contribution in [-0.4, -0.2) is 13.1 Å². The Bertz CT molecular complexity index is 564. The van der Waals surface area contributed by atoms with Crippen LogP contribution in [0.4, 0.5) is 0 Å². The van der Waals surface area contributed by atoms with E-state index in [-0.39, 0.29) is 5.41 Å². The average Bonchev–Trinajstić information content (AvgIpc) is 2.94. The molecule has 1 aliphatic rings. The van der Waals surface area contributed by atoms with Gasteiger partial charge in [0.1, 0.15) is 0 Å². The summed E-state index contributed by atoms with van der Waals surface area (Å²) >= 11 is 6.05. The maximum atomic E-state index is 6.05. The van der Waals surface area contributed by atoms with Crippen LogP contribution >= 0.6 is 11.6 Å². The fourth-order valence-electron chi connectivity index (χ4n) is 3.51. The lowest BCUT2D eigenvalue weighted by atomic mass is 9.73. The van der Waals surface area contributed by atoms with Crippen LogP contribution in [0.1, 0.15) is 30.4 Å². The van der Waals surface area contributed by atoms with Gasteiger partial charge in [0, 0.05) is 16.5 Å². The predicted molar refractivity (Wildman–Crippen MR) is 85.4 cm³/mol. The Morgan fingerprint density at radius 3 is 2.25 bits per heavy atom. The molecule has 0 aliphatic heterocycles. The van der Waals surface area contributed by atoms with Gasteiger partial charge in [0.15, 0.2) is 0 Å². The Kier molecular flexibility index (Phi) is 3.82. The molecule has 0 heterocycles. The minimum Gasteiger partial charge on any atom is -0.317 e. The van der Waals surface area contributed by atoms with E-state index in [2.05, 4.69) is 54.8 Å². The van der Waals surface area contributed by atoms with Crippen molar-refractivity contribution in [1.29, 1.82) is 0 Å². The first-order valence-electron chi connectivity index (χ1n) is 7.23. The highest BCUT2D eigenvalue weighted by atomic mass is 35.5. The highest BCUT2D eigenvalue weighted by Gasteiger charge is 2.41. The van der Waals surface area contributed by atoms with Crippen molar-refractivity contribution >= 4 is 11.6 Å². The van der Waals surface area contributed by atoms with Crippen molar-refractivity contribution in [2.75, 3.05) is 7.05 Å². The molecule has 2 aromatic carbocycles. The van der Waals surface area contributed by atoms with Crippen LogP contribution in [0.5, 0.6) is 0 Å². The van der Waals surface area contributed by atoms with Crippen LogP contribution in [0, 0.1) is 0 Å². The van der Waals surface area contributed by atoms with Gasteiger partial charge in [-0.25, -0.2) is 0 Å². The Labute approximate surface area is 126 Å². The summed E-state index contributed by atoms with van der Waals surface area (Å²) in [5, 5.41) is 4.25. The topological polar surface area (TPSA) is 12.0 Å². The van der Waals surface area contributed by atoms with Crippen LogP contribution in [0.25, 0.3) is 0 Å². The van der Waals surface area contributed by atoms with Crippen molar-refractivity contribution in [3.05, 3.63) is 70.7 Å². The van der Waals surface area contributed by atoms with Crippen LogP contribution in [-0.2, 0) is 5.41 Å². The van der Waals surface area contributed by atoms with Gasteiger partial charge in [-0.2, -0.15) is 0 Å². The lowest BCUT2D eigenvalue weighted by Crippen LogP contribution is -2.29. The minimum atomic E-state index is 0.125. The molecule has 0 amide bonds. The maximum Gasteiger partial charge on any atom is 0.0406 e. The van der Waals surface area contributed by atoms with Gasteiger partial charge in [0.05, 0.1) is 0 Å². The van der Waals surface area contributed by atoms with E-state index >= 15 is 0 Å². The Morgan fingerprint density at radius 1 is 1.00 bits per heavy atom. The van der Waals surface area contributed by atoms with Crippen molar-refractivity contribution in [1.82, 2.24) is 5.32 Å². The molecule has 0 radical (unpaired) electrons. The molecular formula is C18H20ClN. The maximum absolute atomic E-state index is 6.05. The van der Waals surface area contributed by atoms with E-state index in [9.17, 15) is 0 Å². The fraction of sp³-hybridized carbons (Fsp3) is 0.333. The summed E-state index contributed by atoms with van der Waals surface area (Å²) in [7, 11) is 2.06. The van der Waals surface area contributed by atoms with Crippen LogP contribution in [0.3, 0.4) is 0 Å². The van der Waals surface area contributed by atoms with Gasteiger partial charge < -0.3 is 5.32 Å². The molecule has 1 aliphatic carbocycles. The first-order chi connectivity index (χ1) is 9.74. The molecule has 3 rings (SSSR count). The summed E-state index contributed by atoms with van der Waals surface area (Å²) in [5.41, 5.74) is 2.92. The summed E-state index contributed by atoms with van der Waals surface area (Å²) in [6.07, 6.45) is 3.55. The van der Waals surface area contributed by atoms with Crippen molar-refractivity contribution in [2.45, 2.75) is 30.7 Å². The zero-order valence-electron chi connectivity index (χ0n) is 11.8. The molecule has 2 aromatic rings. The molecule has 1 N–H and O–H groups in total. The van der Waals surface area contributed by atoms with Crippen LogP contribution in [0.15, 0.2) is 54.6 Å². The van der Waals surface area contributed by atoms with Gasteiger partial charge in [0.25, 0.3) is 0 Å². The molecule has 2 atom stereocenters. The van der Waals surface area contributed by atoms with Crippen molar-refractivity contribution < 1.29 is 0 Å². The van der Waals surface area contributed by atoms with E-state index in [1.54, 1.807) is 0 Å². The second kappa shape index (κ2) is 5.59. The van der Waals surface area contributed by atoms with E-state index in [1.807, 2.05) is 12.1 Å². The summed E-state index contributed by atoms with van der Waals surface area (Å²) in [6, 6.07) is 19.9. The molecule has 1 saturated carbocycles. The van der Waals surface area contributed by atoms with Gasteiger partial charge in [-0.05, 0) is 49.6 Å². The molecule has 0 spiro atoms. The predicted octanol–water partition coefficient (Wildman–Crippen LogP) is 4.40. The van der Waals surface area contributed by atoms with Gasteiger partial charge in [-0.3, -0.25) is 0 Å². The number of nitrogens with one attached hydrogen (secondary N) is 1. The summed E-state index contributed by atoms with van der Waals surface area (Å²) in [5.74, 6) is 0. The van der Waals surface area contributed by atoms with E-state index in [0.717, 1.165) is 11.4 Å². The molecule has 104 valence electrons. The molecule has 2 unspecified atom stereocenters. The minimum absolute atomic E-state index is 0.125. The smallest absolute Gasteiger partial charge is 0.0406 e. The largest absolute Gasteiger partial charge is 0.317 e. The van der Waals surface area contributed by atoms with Crippen molar-refractivity contribution in [3.8, 4) is 0 Å². The number of halogens is 1. The lowest BCUT2D eigenvalue weighted by Gasteiger charge is -2.31. The molecule has 0 bridgehead atoms. The third kappa shape index (κ3) is 2.36. The van der Waals surface area contributed by atoms with Crippen molar-refractivity contribution in [2.24, 2.45) is 0 Å². The monoisotopic (exact) mass is 285 g/mol. The summed E-state index contributed by atoms with van der Waals surface area (Å²) in [4.78, 5) is 0. The van der Waals surface area contributed by atoms with Gasteiger partial charge in [-0.1, -0.05) is 54.1 Å². The van der Waals surface area contributed by atoms with Crippen molar-refractivity contribution in [3.63, 3.8) is 0 Å². The van der Waals surface area contributed by atoms with E-state index < -0.39 is 0 Å². The molecule has 1 nitrogen and oxygen atoms in total. The second-order valence-corrected chi connectivity index (χ2v) is 6.12. The molecule has 1 fully saturated rings.